The van der Waals surface area contributed by atoms with Gasteiger partial charge >= 0.3 is 5.97 Å². The molecule has 0 spiro atoms. The fourth-order valence-corrected chi connectivity index (χ4v) is 4.43. The van der Waals surface area contributed by atoms with Crippen LogP contribution in [0.25, 0.3) is 0 Å². The Morgan fingerprint density at radius 1 is 1.14 bits per heavy atom. The lowest BCUT2D eigenvalue weighted by Crippen LogP contribution is -2.43. The number of carbonyl (C=O) groups is 1. The van der Waals surface area contributed by atoms with Crippen molar-refractivity contribution in [3.05, 3.63) is 0 Å². The molecule has 0 aromatic carbocycles. The number of rotatable bonds is 0. The summed E-state index contributed by atoms with van der Waals surface area (Å²) in [6.45, 7) is 4.68. The van der Waals surface area contributed by atoms with Crippen molar-refractivity contribution in [1.82, 2.24) is 0 Å². The summed E-state index contributed by atoms with van der Waals surface area (Å²) in [5, 5.41) is 0. The van der Waals surface area contributed by atoms with Gasteiger partial charge in [-0.25, -0.2) is 0 Å². The lowest BCUT2D eigenvalue weighted by molar-refractivity contribution is -0.151. The smallest absolute Gasteiger partial charge is 0.309 e. The number of hydrogen-bond acceptors (Lipinski definition) is 2. The van der Waals surface area contributed by atoms with Gasteiger partial charge in [0.25, 0.3) is 0 Å². The predicted molar refractivity (Wildman–Crippen MR) is 52.7 cm³/mol. The summed E-state index contributed by atoms with van der Waals surface area (Å²) in [6.07, 6.45) is 5.86. The Labute approximate surface area is 85.0 Å². The molecular weight excluding hydrogens is 176 g/mol. The van der Waals surface area contributed by atoms with Gasteiger partial charge in [0.05, 0.1) is 5.92 Å². The van der Waals surface area contributed by atoms with Gasteiger partial charge in [-0.1, -0.05) is 13.8 Å². The van der Waals surface area contributed by atoms with Crippen LogP contribution in [0, 0.1) is 16.7 Å². The van der Waals surface area contributed by atoms with Crippen LogP contribution in [0.15, 0.2) is 0 Å². The zero-order valence-corrected chi connectivity index (χ0v) is 9.01. The van der Waals surface area contributed by atoms with Crippen molar-refractivity contribution in [3.63, 3.8) is 0 Å². The summed E-state index contributed by atoms with van der Waals surface area (Å²) < 4.78 is 5.53. The van der Waals surface area contributed by atoms with Gasteiger partial charge in [-0.05, 0) is 42.9 Å². The highest BCUT2D eigenvalue weighted by molar-refractivity contribution is 5.73. The molecule has 2 saturated heterocycles. The monoisotopic (exact) mass is 194 g/mol. The van der Waals surface area contributed by atoms with E-state index in [0.717, 1.165) is 25.7 Å². The zero-order valence-electron chi connectivity index (χ0n) is 9.01. The molecule has 2 saturated carbocycles. The van der Waals surface area contributed by atoms with E-state index in [1.54, 1.807) is 0 Å². The minimum Gasteiger partial charge on any atom is -0.462 e. The Hall–Kier alpha value is -0.530. The molecule has 78 valence electrons. The molecule has 4 bridgehead atoms. The third-order valence-electron chi connectivity index (χ3n) is 4.39. The first-order valence-electron chi connectivity index (χ1n) is 5.69. The van der Waals surface area contributed by atoms with E-state index in [1.165, 1.54) is 6.42 Å². The van der Waals surface area contributed by atoms with Gasteiger partial charge in [-0.2, -0.15) is 0 Å². The minimum absolute atomic E-state index is 0.0853. The first-order valence-corrected chi connectivity index (χ1v) is 5.69. The summed E-state index contributed by atoms with van der Waals surface area (Å²) >= 11 is 0. The first kappa shape index (κ1) is 8.75. The van der Waals surface area contributed by atoms with E-state index in [2.05, 4.69) is 13.8 Å². The molecule has 2 unspecified atom stereocenters. The van der Waals surface area contributed by atoms with Gasteiger partial charge in [-0.15, -0.1) is 0 Å². The van der Waals surface area contributed by atoms with E-state index in [1.807, 2.05) is 0 Å². The Kier molecular flexibility index (Phi) is 1.46. The van der Waals surface area contributed by atoms with Crippen LogP contribution in [-0.2, 0) is 9.53 Å². The van der Waals surface area contributed by atoms with Crippen LogP contribution in [0.1, 0.15) is 46.0 Å². The van der Waals surface area contributed by atoms with Crippen LogP contribution in [0.5, 0.6) is 0 Å². The summed E-state index contributed by atoms with van der Waals surface area (Å²) in [5.41, 5.74) is 0.763. The maximum absolute atomic E-state index is 11.7. The van der Waals surface area contributed by atoms with Gasteiger partial charge in [0, 0.05) is 0 Å². The Bertz CT molecular complexity index is 279. The van der Waals surface area contributed by atoms with Crippen LogP contribution < -0.4 is 0 Å². The topological polar surface area (TPSA) is 26.3 Å². The molecule has 0 aromatic rings. The standard InChI is InChI=1S/C12H18O2/c1-11-3-8-4-12(2,7-11)6-9(5-11)14-10(8)13/h8-9H,3-7H2,1-2H3. The van der Waals surface area contributed by atoms with Crippen LogP contribution in [0.2, 0.25) is 0 Å². The summed E-state index contributed by atoms with van der Waals surface area (Å²) in [4.78, 5) is 11.7. The lowest BCUT2D eigenvalue weighted by Gasteiger charge is -2.50. The SMILES string of the molecule is CC12CC3CC(C)(CC(C1)C(=O)O3)C2. The third-order valence-corrected chi connectivity index (χ3v) is 4.39. The molecule has 4 rings (SSSR count). The number of hydrogen-bond donors (Lipinski definition) is 0. The molecular formula is C12H18O2. The van der Waals surface area contributed by atoms with Crippen LogP contribution in [0.4, 0.5) is 0 Å². The van der Waals surface area contributed by atoms with Crippen molar-refractivity contribution in [2.75, 3.05) is 0 Å². The van der Waals surface area contributed by atoms with Crippen molar-refractivity contribution in [2.45, 2.75) is 52.1 Å². The Morgan fingerprint density at radius 3 is 2.29 bits per heavy atom. The molecule has 4 aliphatic rings. The maximum atomic E-state index is 11.7. The van der Waals surface area contributed by atoms with E-state index in [0.29, 0.717) is 10.8 Å². The lowest BCUT2D eigenvalue weighted by atomic mass is 9.54. The van der Waals surface area contributed by atoms with Crippen molar-refractivity contribution in [2.24, 2.45) is 16.7 Å². The second-order valence-electron chi connectivity index (χ2n) is 6.37. The van der Waals surface area contributed by atoms with Gasteiger partial charge in [-0.3, -0.25) is 4.79 Å². The van der Waals surface area contributed by atoms with E-state index in [9.17, 15) is 4.79 Å². The molecule has 2 atom stereocenters. The van der Waals surface area contributed by atoms with Crippen molar-refractivity contribution < 1.29 is 9.53 Å². The normalized spacial score (nSPS) is 55.7. The molecule has 0 N–H and O–H groups in total. The van der Waals surface area contributed by atoms with Crippen LogP contribution >= 0.6 is 0 Å². The number of fused-ring (bicyclic) bond motifs is 1. The van der Waals surface area contributed by atoms with Crippen LogP contribution in [-0.4, -0.2) is 12.1 Å². The van der Waals surface area contributed by atoms with Crippen LogP contribution in [0.3, 0.4) is 0 Å². The average Bonchev–Trinajstić information content (AvgIpc) is 2.09. The highest BCUT2D eigenvalue weighted by atomic mass is 16.5. The average molecular weight is 194 g/mol. The molecule has 14 heavy (non-hydrogen) atoms. The predicted octanol–water partition coefficient (Wildman–Crippen LogP) is 2.52. The molecule has 4 fully saturated rings. The zero-order chi connectivity index (χ0) is 9.97. The van der Waals surface area contributed by atoms with Crippen molar-refractivity contribution in [3.8, 4) is 0 Å². The molecule has 2 aliphatic carbocycles. The molecule has 2 aliphatic heterocycles. The number of carbonyl (C=O) groups excluding carboxylic acids is 1. The van der Waals surface area contributed by atoms with Crippen molar-refractivity contribution >= 4 is 5.97 Å². The van der Waals surface area contributed by atoms with Gasteiger partial charge in [0.2, 0.25) is 0 Å². The summed E-state index contributed by atoms with van der Waals surface area (Å²) in [5.74, 6) is 0.286. The third kappa shape index (κ3) is 1.12. The fraction of sp³-hybridized carbons (Fsp3) is 0.917. The molecule has 0 aromatic heterocycles. The minimum atomic E-state index is 0.0853. The molecule has 2 nitrogen and oxygen atoms in total. The maximum Gasteiger partial charge on any atom is 0.309 e. The van der Waals surface area contributed by atoms with Gasteiger partial charge in [0.15, 0.2) is 0 Å². The fourth-order valence-electron chi connectivity index (χ4n) is 4.43. The van der Waals surface area contributed by atoms with Crippen molar-refractivity contribution in [1.29, 1.82) is 0 Å². The highest BCUT2D eigenvalue weighted by Crippen LogP contribution is 2.59. The first-order chi connectivity index (χ1) is 6.48. The Balaban J connectivity index is 2.05. The molecule has 2 heteroatoms. The Morgan fingerprint density at radius 2 is 1.71 bits per heavy atom. The van der Waals surface area contributed by atoms with Gasteiger partial charge < -0.3 is 4.74 Å². The second kappa shape index (κ2) is 2.34. The summed E-state index contributed by atoms with van der Waals surface area (Å²) in [6, 6.07) is 0. The molecule has 0 radical (unpaired) electrons. The largest absolute Gasteiger partial charge is 0.462 e. The molecule has 2 heterocycles. The molecule has 0 amide bonds. The van der Waals surface area contributed by atoms with E-state index in [4.69, 9.17) is 4.74 Å². The number of esters is 1. The van der Waals surface area contributed by atoms with E-state index in [-0.39, 0.29) is 18.0 Å². The summed E-state index contributed by atoms with van der Waals surface area (Å²) in [7, 11) is 0. The van der Waals surface area contributed by atoms with E-state index < -0.39 is 0 Å². The number of ether oxygens (including phenoxy) is 1. The highest BCUT2D eigenvalue weighted by Gasteiger charge is 2.54. The van der Waals surface area contributed by atoms with Gasteiger partial charge in [0.1, 0.15) is 6.10 Å². The van der Waals surface area contributed by atoms with E-state index >= 15 is 0 Å². The quantitative estimate of drug-likeness (QED) is 0.554. The second-order valence-corrected chi connectivity index (χ2v) is 6.37.